The molecule has 8 rings (SSSR count). The molecule has 0 aliphatic carbocycles. The first-order valence-electron chi connectivity index (χ1n) is 41.2. The molecule has 26 N–H and O–H groups in total. The summed E-state index contributed by atoms with van der Waals surface area (Å²) in [5.41, 5.74) is 0. The first-order chi connectivity index (χ1) is 58.8. The van der Waals surface area contributed by atoms with Crippen molar-refractivity contribution in [1.29, 1.82) is 0 Å². The van der Waals surface area contributed by atoms with E-state index in [0.29, 0.717) is 73.5 Å². The van der Waals surface area contributed by atoms with Gasteiger partial charge >= 0.3 is 0 Å². The number of aliphatic hydroxyl groups excluding tert-OH is 20. The van der Waals surface area contributed by atoms with Crippen molar-refractivity contribution in [3.05, 3.63) is 0 Å². The van der Waals surface area contributed by atoms with E-state index in [9.17, 15) is 131 Å². The maximum atomic E-state index is 13.3. The summed E-state index contributed by atoms with van der Waals surface area (Å²) < 4.78 is 68.4. The smallest absolute Gasteiger partial charge is 0.234 e. The Hall–Kier alpha value is -2.40. The minimum atomic E-state index is -1.97. The molecule has 0 bridgehead atoms. The molecule has 8 heterocycles. The number of amides is 6. The van der Waals surface area contributed by atoms with Crippen LogP contribution in [0.1, 0.15) is 110 Å². The van der Waals surface area contributed by atoms with Gasteiger partial charge in [0.05, 0.1) is 77.1 Å². The summed E-state index contributed by atoms with van der Waals surface area (Å²) >= 11 is 0. The average Bonchev–Trinajstić information content (AvgIpc) is 1.75. The molecule has 8 aliphatic rings. The standard InChI is InChI=1S/C69H123N7O38.C3H4S6/c1-2-3-10-17-70-40(81)14-7-4-11-18-71-43(84)25-76(26-44(85)72-19-12-5-8-15-41(82)74-21-23-103-66-60(101)62(113-68-58(99)54(95)48(89)36(30-79)109-68)50(91)38(111-66)32-105-64-56(97)52(93)46(87)34(28-77)107-64)27-45(86)73-20-13-6-9-16-42(83)75-22-24-104-67-61(102)63(114-69-59(100)55(96)49(90)37(31-80)110-69)51(92)39(112-67)33-106-65-57(98)53(94)47(88)35(29-78)108-65;1-2-4-6-3(7-5-2)8-9-3/h34-39,46-69,77-80,87-102H,2-33H2,1H3,(H,70,81)(H,71,84)(H,72,85)(H,73,86)(H,74,82)(H,75,83);2H,1H3/t34-,35-,36-,37-,38-,39-,46-,47-,48-,49-,50-,51-,52+,53+,54+,55+,56+,57+,58+,59+,60+,61+,62+,63+,64+,65+,66+,67+,68-,69-;/m1./s1. The van der Waals surface area contributed by atoms with Gasteiger partial charge in [-0.05, 0) is 73.5 Å². The van der Waals surface area contributed by atoms with Crippen LogP contribution < -0.4 is 31.9 Å². The fraction of sp³-hybridized carbons (Fsp3) is 0.917. The molecular formula is C72H127N7O38S6. The Morgan fingerprint density at radius 1 is 0.317 bits per heavy atom. The van der Waals surface area contributed by atoms with E-state index in [1.54, 1.807) is 0 Å². The predicted molar refractivity (Wildman–Crippen MR) is 437 cm³/mol. The minimum absolute atomic E-state index is 0.0277. The third-order valence-electron chi connectivity index (χ3n) is 20.7. The molecule has 8 saturated heterocycles. The first-order valence-corrected chi connectivity index (χ1v) is 47.8. The van der Waals surface area contributed by atoms with Crippen LogP contribution in [-0.2, 0) is 85.6 Å². The summed E-state index contributed by atoms with van der Waals surface area (Å²) in [5, 5.41) is 225. The second-order valence-corrected chi connectivity index (χ2v) is 40.3. The number of unbranched alkanes of at least 4 members (excludes halogenated alkanes) is 8. The number of nitrogens with one attached hydrogen (secondary N) is 6. The maximum Gasteiger partial charge on any atom is 0.234 e. The maximum absolute atomic E-state index is 13.3. The zero-order chi connectivity index (χ0) is 90.0. The molecule has 8 aliphatic heterocycles. The van der Waals surface area contributed by atoms with Crippen LogP contribution in [0.25, 0.3) is 0 Å². The van der Waals surface area contributed by atoms with Crippen LogP contribution in [0.5, 0.6) is 0 Å². The van der Waals surface area contributed by atoms with E-state index in [1.807, 2.05) is 64.8 Å². The summed E-state index contributed by atoms with van der Waals surface area (Å²) in [6, 6.07) is 0. The van der Waals surface area contributed by atoms with Gasteiger partial charge in [0.1, 0.15) is 146 Å². The van der Waals surface area contributed by atoms with E-state index in [0.717, 1.165) is 23.8 Å². The Morgan fingerprint density at radius 2 is 0.602 bits per heavy atom. The average molecular weight is 1890 g/mol. The molecule has 123 heavy (non-hydrogen) atoms. The van der Waals surface area contributed by atoms with Crippen molar-refractivity contribution in [3.63, 3.8) is 0 Å². The normalized spacial score (nSPS) is 35.7. The summed E-state index contributed by atoms with van der Waals surface area (Å²) in [4.78, 5) is 79.1. The van der Waals surface area contributed by atoms with E-state index in [2.05, 4.69) is 45.7 Å². The highest BCUT2D eigenvalue weighted by Gasteiger charge is 2.56. The van der Waals surface area contributed by atoms with Gasteiger partial charge in [-0.2, -0.15) is 0 Å². The predicted octanol–water partition coefficient (Wildman–Crippen LogP) is -9.10. The molecule has 0 aromatic carbocycles. The first kappa shape index (κ1) is 108. The second kappa shape index (κ2) is 55.8. The highest BCUT2D eigenvalue weighted by Crippen LogP contribution is 2.84. The SMILES string of the molecule is CC1SSC2(SS1)SS2.CCCCCNC(=O)CCCCCNC(=O)CN(CC(=O)NCCCCCC(=O)NCCO[C@H]1O[C@H](CO[C@H]2O[C@H](CO)[C@@H](O)[C@H](O)[C@@H]2O)[C@@H](O)[C@H](O[C@H]2O[C@H](CO)[C@@H](O)[C@H](O)[C@@H]2O)[C@@H]1O)CC(=O)NCCCCCC(=O)NCCO[C@H]1O[C@H](CO[C@H]2O[C@H](CO)[C@@H](O)[C@H](O)[C@@H]2O)[C@@H](O)[C@H](O[C@H]2O[C@H](CO)[C@@H](O)[C@H](O)[C@@H]2O)[C@@H]1O. The van der Waals surface area contributed by atoms with Crippen molar-refractivity contribution >= 4 is 100 Å². The van der Waals surface area contributed by atoms with Gasteiger partial charge in [-0.15, -0.1) is 0 Å². The number of aliphatic hydroxyl groups is 20. The van der Waals surface area contributed by atoms with E-state index >= 15 is 0 Å². The Kier molecular flexibility index (Phi) is 48.8. The molecular weight excluding hydrogens is 1760 g/mol. The highest BCUT2D eigenvalue weighted by atomic mass is 33.2. The molecule has 8 fully saturated rings. The molecule has 714 valence electrons. The van der Waals surface area contributed by atoms with Crippen molar-refractivity contribution < 1.29 is 188 Å². The third kappa shape index (κ3) is 34.3. The molecule has 51 heteroatoms. The monoisotopic (exact) mass is 1890 g/mol. The molecule has 45 nitrogen and oxygen atoms in total. The van der Waals surface area contributed by atoms with Crippen LogP contribution in [-0.4, -0.2) is 446 Å². The Morgan fingerprint density at radius 3 is 0.919 bits per heavy atom. The number of ether oxygens (including phenoxy) is 12. The zero-order valence-corrected chi connectivity index (χ0v) is 73.1. The molecule has 0 aromatic heterocycles. The van der Waals surface area contributed by atoms with Gasteiger partial charge in [0.15, 0.2) is 40.5 Å². The van der Waals surface area contributed by atoms with Crippen molar-refractivity contribution in [1.82, 2.24) is 36.8 Å². The molecule has 0 aromatic rings. The molecule has 6 amide bonds. The van der Waals surface area contributed by atoms with Gasteiger partial charge in [-0.1, -0.05) is 82.2 Å². The lowest BCUT2D eigenvalue weighted by molar-refractivity contribution is -0.366. The van der Waals surface area contributed by atoms with E-state index in [4.69, 9.17) is 56.8 Å². The summed E-state index contributed by atoms with van der Waals surface area (Å²) in [6.07, 6.45) is -44.7. The quantitative estimate of drug-likeness (QED) is 0.0153. The van der Waals surface area contributed by atoms with Crippen LogP contribution in [0, 0.1) is 0 Å². The van der Waals surface area contributed by atoms with Crippen molar-refractivity contribution in [2.75, 3.05) is 112 Å². The van der Waals surface area contributed by atoms with Gasteiger partial charge in [0.25, 0.3) is 0 Å². The van der Waals surface area contributed by atoms with Gasteiger partial charge in [0, 0.05) is 58.5 Å². The summed E-state index contributed by atoms with van der Waals surface area (Å²) in [7, 11) is 12.0. The largest absolute Gasteiger partial charge is 0.394 e. The van der Waals surface area contributed by atoms with Crippen LogP contribution in [0.4, 0.5) is 0 Å². The van der Waals surface area contributed by atoms with Gasteiger partial charge < -0.3 is 191 Å². The lowest BCUT2D eigenvalue weighted by Gasteiger charge is -2.46. The second-order valence-electron chi connectivity index (χ2n) is 30.4. The lowest BCUT2D eigenvalue weighted by Crippen LogP contribution is -2.65. The van der Waals surface area contributed by atoms with Crippen LogP contribution in [0.3, 0.4) is 0 Å². The minimum Gasteiger partial charge on any atom is -0.394 e. The Balaban J connectivity index is 0.00000215. The van der Waals surface area contributed by atoms with Crippen molar-refractivity contribution in [2.24, 2.45) is 0 Å². The number of hydrogen-bond acceptors (Lipinski definition) is 45. The van der Waals surface area contributed by atoms with E-state index < -0.39 is 253 Å². The van der Waals surface area contributed by atoms with E-state index in [-0.39, 0.29) is 84.3 Å². The third-order valence-corrected chi connectivity index (χ3v) is 34.6. The number of hydrogen-bond donors (Lipinski definition) is 26. The topological polar surface area (TPSA) is 693 Å². The van der Waals surface area contributed by atoms with Gasteiger partial charge in [-0.25, -0.2) is 0 Å². The Bertz CT molecular complexity index is 2920. The number of nitrogens with zero attached hydrogens (tertiary/aromatic N) is 1. The molecule has 0 saturated carbocycles. The van der Waals surface area contributed by atoms with Gasteiger partial charge in [-0.3, -0.25) is 33.7 Å². The Labute approximate surface area is 734 Å². The zero-order valence-electron chi connectivity index (χ0n) is 68.2. The number of rotatable bonds is 50. The molecule has 0 radical (unpaired) electrons. The fourth-order valence-corrected chi connectivity index (χ4v) is 26.1. The van der Waals surface area contributed by atoms with E-state index in [1.165, 1.54) is 4.90 Å². The van der Waals surface area contributed by atoms with Gasteiger partial charge in [0.2, 0.25) is 35.4 Å². The fourth-order valence-electron chi connectivity index (χ4n) is 13.5. The van der Waals surface area contributed by atoms with Crippen LogP contribution in [0.15, 0.2) is 0 Å². The van der Waals surface area contributed by atoms with Crippen molar-refractivity contribution in [2.45, 2.75) is 302 Å². The lowest BCUT2D eigenvalue weighted by atomic mass is 9.96. The number of carbonyl (C=O) groups is 6. The summed E-state index contributed by atoms with van der Waals surface area (Å²) in [6.45, 7) is -1.07. The summed E-state index contributed by atoms with van der Waals surface area (Å²) in [5.74, 6) is -2.35. The number of carbonyl (C=O) groups excluding carboxylic acids is 6. The highest BCUT2D eigenvalue weighted by molar-refractivity contribution is 9.14. The molecule has 1 spiro atoms. The van der Waals surface area contributed by atoms with Crippen LogP contribution in [0.2, 0.25) is 0 Å². The van der Waals surface area contributed by atoms with Crippen molar-refractivity contribution in [3.8, 4) is 0 Å². The van der Waals surface area contributed by atoms with Crippen LogP contribution >= 0.6 is 64.8 Å². The molecule has 30 atom stereocenters. The molecule has 0 unspecified atom stereocenters.